The van der Waals surface area contributed by atoms with Crippen LogP contribution in [0.2, 0.25) is 0 Å². The van der Waals surface area contributed by atoms with Gasteiger partial charge in [0.05, 0.1) is 18.1 Å². The van der Waals surface area contributed by atoms with Crippen molar-refractivity contribution in [1.29, 1.82) is 0 Å². The molecule has 8 nitrogen and oxygen atoms in total. The predicted octanol–water partition coefficient (Wildman–Crippen LogP) is 3.13. The first-order chi connectivity index (χ1) is 14.3. The van der Waals surface area contributed by atoms with E-state index in [1.54, 1.807) is 17.2 Å². The van der Waals surface area contributed by atoms with Crippen LogP contribution in [0.25, 0.3) is 22.9 Å². The highest BCUT2D eigenvalue weighted by Crippen LogP contribution is 2.48. The molecule has 1 saturated heterocycles. The minimum absolute atomic E-state index is 0.151. The molecule has 5 heterocycles. The van der Waals surface area contributed by atoms with Crippen LogP contribution in [0.5, 0.6) is 0 Å². The van der Waals surface area contributed by atoms with Crippen molar-refractivity contribution < 1.29 is 0 Å². The minimum atomic E-state index is -0.151. The molecule has 0 spiro atoms. The molecule has 0 bridgehead atoms. The molecule has 1 fully saturated rings. The van der Waals surface area contributed by atoms with E-state index in [1.165, 1.54) is 0 Å². The molecule has 0 aliphatic carbocycles. The molecule has 6 rings (SSSR count). The Morgan fingerprint density at radius 1 is 1.14 bits per heavy atom. The molecule has 0 saturated carbocycles. The van der Waals surface area contributed by atoms with E-state index >= 15 is 0 Å². The first-order valence-corrected chi connectivity index (χ1v) is 9.97. The fourth-order valence-electron chi connectivity index (χ4n) is 4.79. The molecule has 2 aliphatic heterocycles. The molecule has 2 aliphatic rings. The number of benzene rings is 1. The zero-order chi connectivity index (χ0) is 19.4. The van der Waals surface area contributed by atoms with Gasteiger partial charge in [0.1, 0.15) is 17.6 Å². The lowest BCUT2D eigenvalue weighted by Gasteiger charge is -2.42. The number of fused-ring (bicyclic) bond motifs is 6. The lowest BCUT2D eigenvalue weighted by atomic mass is 9.90. The van der Waals surface area contributed by atoms with Crippen LogP contribution in [0, 0.1) is 0 Å². The smallest absolute Gasteiger partial charge is 0.253 e. The van der Waals surface area contributed by atoms with Crippen LogP contribution >= 0.6 is 0 Å². The second-order valence-corrected chi connectivity index (χ2v) is 7.54. The second kappa shape index (κ2) is 5.97. The maximum Gasteiger partial charge on any atom is 0.253 e. The molecule has 0 radical (unpaired) electrons. The molecule has 29 heavy (non-hydrogen) atoms. The first-order valence-electron chi connectivity index (χ1n) is 9.97. The standard InChI is InChI=1S/C21H20N8/c1-2-21-10-6-12-28(21)18-17(27-14-23-26-19(21)27)13-22-20(25-18)29-16(9-11-24-29)15-7-4-3-5-8-15/h3-5,7-9,11,13-14H,2,6,10,12H2,1H3/t21-/m0/s1. The van der Waals surface area contributed by atoms with E-state index in [0.29, 0.717) is 5.95 Å². The van der Waals surface area contributed by atoms with Gasteiger partial charge in [0.25, 0.3) is 5.95 Å². The Morgan fingerprint density at radius 3 is 2.90 bits per heavy atom. The molecule has 144 valence electrons. The lowest BCUT2D eigenvalue weighted by molar-refractivity contribution is 0.381. The molecule has 4 aromatic rings. The number of hydrogen-bond acceptors (Lipinski definition) is 6. The van der Waals surface area contributed by atoms with E-state index in [-0.39, 0.29) is 5.54 Å². The monoisotopic (exact) mass is 384 g/mol. The molecule has 0 N–H and O–H groups in total. The number of hydrogen-bond donors (Lipinski definition) is 0. The summed E-state index contributed by atoms with van der Waals surface area (Å²) in [6.45, 7) is 3.17. The SMILES string of the molecule is CC[C@@]12CCCN1c1nc(-n3nccc3-c3ccccc3)ncc1-n1cnnc12. The number of anilines is 1. The van der Waals surface area contributed by atoms with Crippen molar-refractivity contribution in [3.05, 3.63) is 60.9 Å². The summed E-state index contributed by atoms with van der Waals surface area (Å²) in [6.07, 6.45) is 8.54. The van der Waals surface area contributed by atoms with Gasteiger partial charge in [0.2, 0.25) is 0 Å². The Labute approximate surface area is 167 Å². The van der Waals surface area contributed by atoms with Crippen LogP contribution in [0.4, 0.5) is 5.82 Å². The second-order valence-electron chi connectivity index (χ2n) is 7.54. The van der Waals surface area contributed by atoms with Crippen molar-refractivity contribution in [2.75, 3.05) is 11.4 Å². The van der Waals surface area contributed by atoms with Gasteiger partial charge in [-0.1, -0.05) is 37.3 Å². The molecule has 3 aromatic heterocycles. The van der Waals surface area contributed by atoms with Crippen molar-refractivity contribution >= 4 is 5.82 Å². The first kappa shape index (κ1) is 16.4. The topological polar surface area (TPSA) is 77.5 Å². The van der Waals surface area contributed by atoms with E-state index in [0.717, 1.165) is 54.4 Å². The van der Waals surface area contributed by atoms with Gasteiger partial charge < -0.3 is 4.90 Å². The van der Waals surface area contributed by atoms with E-state index in [9.17, 15) is 0 Å². The third-order valence-corrected chi connectivity index (χ3v) is 6.19. The predicted molar refractivity (Wildman–Crippen MR) is 108 cm³/mol. The number of nitrogens with zero attached hydrogens (tertiary/aromatic N) is 8. The maximum absolute atomic E-state index is 4.99. The molecule has 0 unspecified atom stereocenters. The third-order valence-electron chi connectivity index (χ3n) is 6.19. The van der Waals surface area contributed by atoms with E-state index < -0.39 is 0 Å². The summed E-state index contributed by atoms with van der Waals surface area (Å²) in [6, 6.07) is 12.2. The van der Waals surface area contributed by atoms with E-state index in [2.05, 4.69) is 44.2 Å². The van der Waals surface area contributed by atoms with Gasteiger partial charge in [0, 0.05) is 12.1 Å². The molecule has 1 atom stereocenters. The summed E-state index contributed by atoms with van der Waals surface area (Å²) in [5.41, 5.74) is 2.82. The summed E-state index contributed by atoms with van der Waals surface area (Å²) in [4.78, 5) is 12.0. The van der Waals surface area contributed by atoms with Gasteiger partial charge in [0.15, 0.2) is 11.6 Å². The van der Waals surface area contributed by atoms with Crippen LogP contribution in [-0.2, 0) is 5.54 Å². The lowest BCUT2D eigenvalue weighted by Crippen LogP contribution is -2.46. The van der Waals surface area contributed by atoms with Crippen molar-refractivity contribution in [2.24, 2.45) is 0 Å². The zero-order valence-electron chi connectivity index (χ0n) is 16.1. The van der Waals surface area contributed by atoms with Crippen molar-refractivity contribution in [1.82, 2.24) is 34.5 Å². The third kappa shape index (κ3) is 2.16. The van der Waals surface area contributed by atoms with Gasteiger partial charge in [-0.05, 0) is 25.3 Å². The van der Waals surface area contributed by atoms with Crippen LogP contribution < -0.4 is 4.90 Å². The number of rotatable bonds is 3. The quantitative estimate of drug-likeness (QED) is 0.540. The Bertz CT molecular complexity index is 1190. The highest BCUT2D eigenvalue weighted by molar-refractivity contribution is 5.65. The normalized spacial score (nSPS) is 19.7. The average molecular weight is 384 g/mol. The molecule has 0 amide bonds. The summed E-state index contributed by atoms with van der Waals surface area (Å²) < 4.78 is 3.85. The van der Waals surface area contributed by atoms with Gasteiger partial charge in [-0.2, -0.15) is 14.8 Å². The zero-order valence-corrected chi connectivity index (χ0v) is 16.1. The Hall–Kier alpha value is -3.55. The van der Waals surface area contributed by atoms with Gasteiger partial charge >= 0.3 is 0 Å². The van der Waals surface area contributed by atoms with Crippen molar-refractivity contribution in [3.8, 4) is 22.9 Å². The van der Waals surface area contributed by atoms with Crippen molar-refractivity contribution in [3.63, 3.8) is 0 Å². The number of aromatic nitrogens is 7. The summed E-state index contributed by atoms with van der Waals surface area (Å²) in [5, 5.41) is 13.2. The fourth-order valence-corrected chi connectivity index (χ4v) is 4.79. The molecule has 1 aromatic carbocycles. The fraction of sp³-hybridized carbons (Fsp3) is 0.286. The van der Waals surface area contributed by atoms with Gasteiger partial charge in [-0.3, -0.25) is 4.57 Å². The summed E-state index contributed by atoms with van der Waals surface area (Å²) in [7, 11) is 0. The van der Waals surface area contributed by atoms with Crippen molar-refractivity contribution in [2.45, 2.75) is 31.7 Å². The van der Waals surface area contributed by atoms with Crippen LogP contribution in [0.15, 0.2) is 55.1 Å². The largest absolute Gasteiger partial charge is 0.342 e. The molecular formula is C21H20N8. The van der Waals surface area contributed by atoms with Crippen LogP contribution in [0.3, 0.4) is 0 Å². The average Bonchev–Trinajstić information content (AvgIpc) is 3.53. The maximum atomic E-state index is 4.99. The Kier molecular flexibility index (Phi) is 3.38. The highest BCUT2D eigenvalue weighted by Gasteiger charge is 2.49. The minimum Gasteiger partial charge on any atom is -0.342 e. The van der Waals surface area contributed by atoms with Gasteiger partial charge in [-0.15, -0.1) is 10.2 Å². The summed E-state index contributed by atoms with van der Waals surface area (Å²) >= 11 is 0. The van der Waals surface area contributed by atoms with Gasteiger partial charge in [-0.25, -0.2) is 4.98 Å². The molecular weight excluding hydrogens is 364 g/mol. The Balaban J connectivity index is 1.54. The van der Waals surface area contributed by atoms with E-state index in [1.807, 2.05) is 35.0 Å². The Morgan fingerprint density at radius 2 is 2.03 bits per heavy atom. The van der Waals surface area contributed by atoms with Crippen LogP contribution in [-0.4, -0.2) is 41.1 Å². The van der Waals surface area contributed by atoms with Crippen LogP contribution in [0.1, 0.15) is 32.0 Å². The highest BCUT2D eigenvalue weighted by atomic mass is 15.4. The molecule has 8 heteroatoms. The summed E-state index contributed by atoms with van der Waals surface area (Å²) in [5.74, 6) is 2.49. The van der Waals surface area contributed by atoms with E-state index in [4.69, 9.17) is 4.98 Å².